The van der Waals surface area contributed by atoms with E-state index in [1.54, 1.807) is 18.2 Å². The second-order valence-corrected chi connectivity index (χ2v) is 5.04. The minimum absolute atomic E-state index is 0.0969. The van der Waals surface area contributed by atoms with Gasteiger partial charge < -0.3 is 5.11 Å². The Morgan fingerprint density at radius 3 is 2.76 bits per heavy atom. The lowest BCUT2D eigenvalue weighted by Gasteiger charge is -2.15. The molecule has 21 heavy (non-hydrogen) atoms. The summed E-state index contributed by atoms with van der Waals surface area (Å²) in [7, 11) is 0. The molecule has 0 fully saturated rings. The second-order valence-electron chi connectivity index (χ2n) is 5.04. The number of benzene rings is 1. The van der Waals surface area contributed by atoms with Crippen LogP contribution in [0, 0.1) is 0 Å². The second kappa shape index (κ2) is 5.01. The lowest BCUT2D eigenvalue weighted by Crippen LogP contribution is -2.31. The Bertz CT molecular complexity index is 715. The molecular weight excluding hydrogens is 270 g/mol. The summed E-state index contributed by atoms with van der Waals surface area (Å²) in [4.78, 5) is 36.7. The van der Waals surface area contributed by atoms with Gasteiger partial charge in [-0.2, -0.15) is 0 Å². The Kier molecular flexibility index (Phi) is 3.17. The van der Waals surface area contributed by atoms with E-state index in [0.29, 0.717) is 23.1 Å². The number of imide groups is 1. The van der Waals surface area contributed by atoms with Crippen LogP contribution in [-0.2, 0) is 16.1 Å². The smallest absolute Gasteiger partial charge is 0.335 e. The van der Waals surface area contributed by atoms with Gasteiger partial charge in [0.1, 0.15) is 0 Å². The predicted octanol–water partition coefficient (Wildman–Crippen LogP) is 1.90. The van der Waals surface area contributed by atoms with E-state index < -0.39 is 5.97 Å². The topological polar surface area (TPSA) is 74.7 Å². The van der Waals surface area contributed by atoms with E-state index in [0.717, 1.165) is 6.42 Å². The first-order chi connectivity index (χ1) is 10.1. The molecule has 1 N–H and O–H groups in total. The van der Waals surface area contributed by atoms with Gasteiger partial charge in [-0.05, 0) is 30.5 Å². The highest BCUT2D eigenvalue weighted by Crippen LogP contribution is 2.30. The van der Waals surface area contributed by atoms with E-state index in [4.69, 9.17) is 5.11 Å². The highest BCUT2D eigenvalue weighted by atomic mass is 16.4. The summed E-state index contributed by atoms with van der Waals surface area (Å²) in [6.07, 6.45) is 4.94. The van der Waals surface area contributed by atoms with Gasteiger partial charge in [-0.3, -0.25) is 14.5 Å². The van der Waals surface area contributed by atoms with Crippen LogP contribution < -0.4 is 0 Å². The SMILES string of the molecule is O=C(O)c1cccc(CN2C(=O)C3=C(CCC=C3)C2=O)c1. The van der Waals surface area contributed by atoms with Crippen molar-refractivity contribution in [2.24, 2.45) is 0 Å². The van der Waals surface area contributed by atoms with Crippen molar-refractivity contribution in [2.75, 3.05) is 0 Å². The van der Waals surface area contributed by atoms with Gasteiger partial charge in [0.15, 0.2) is 0 Å². The Morgan fingerprint density at radius 2 is 2.05 bits per heavy atom. The molecule has 1 aromatic carbocycles. The van der Waals surface area contributed by atoms with Crippen molar-refractivity contribution < 1.29 is 19.5 Å². The molecule has 0 unspecified atom stereocenters. The van der Waals surface area contributed by atoms with Crippen LogP contribution in [0.15, 0.2) is 47.6 Å². The fourth-order valence-electron chi connectivity index (χ4n) is 2.62. The van der Waals surface area contributed by atoms with Gasteiger partial charge in [-0.1, -0.05) is 24.3 Å². The summed E-state index contributed by atoms with van der Waals surface area (Å²) >= 11 is 0. The van der Waals surface area contributed by atoms with Gasteiger partial charge in [-0.25, -0.2) is 4.79 Å². The van der Waals surface area contributed by atoms with Gasteiger partial charge in [0.05, 0.1) is 12.1 Å². The van der Waals surface area contributed by atoms with Gasteiger partial charge in [0, 0.05) is 11.1 Å². The molecule has 3 rings (SSSR count). The first kappa shape index (κ1) is 13.3. The van der Waals surface area contributed by atoms with E-state index in [1.807, 2.05) is 6.08 Å². The largest absolute Gasteiger partial charge is 0.478 e. The zero-order chi connectivity index (χ0) is 15.0. The van der Waals surface area contributed by atoms with Crippen molar-refractivity contribution in [3.05, 3.63) is 58.7 Å². The summed E-state index contributed by atoms with van der Waals surface area (Å²) in [6.45, 7) is 0.0969. The molecule has 0 atom stereocenters. The average Bonchev–Trinajstić information content (AvgIpc) is 2.73. The quantitative estimate of drug-likeness (QED) is 0.860. The summed E-state index contributed by atoms with van der Waals surface area (Å²) in [5.41, 5.74) is 1.81. The molecule has 1 aromatic rings. The van der Waals surface area contributed by atoms with Gasteiger partial charge in [0.2, 0.25) is 0 Å². The Morgan fingerprint density at radius 1 is 1.24 bits per heavy atom. The van der Waals surface area contributed by atoms with E-state index in [2.05, 4.69) is 0 Å². The first-order valence-corrected chi connectivity index (χ1v) is 6.66. The number of nitrogens with zero attached hydrogens (tertiary/aromatic N) is 1. The maximum absolute atomic E-state index is 12.3. The lowest BCUT2D eigenvalue weighted by atomic mass is 10.00. The van der Waals surface area contributed by atoms with Crippen molar-refractivity contribution in [1.82, 2.24) is 4.90 Å². The van der Waals surface area contributed by atoms with E-state index in [-0.39, 0.29) is 23.9 Å². The van der Waals surface area contributed by atoms with E-state index in [1.165, 1.54) is 17.0 Å². The number of hydrogen-bond acceptors (Lipinski definition) is 3. The van der Waals surface area contributed by atoms with Crippen LogP contribution in [-0.4, -0.2) is 27.8 Å². The van der Waals surface area contributed by atoms with Gasteiger partial charge in [0.25, 0.3) is 11.8 Å². The third-order valence-corrected chi connectivity index (χ3v) is 3.66. The Labute approximate surface area is 121 Å². The zero-order valence-electron chi connectivity index (χ0n) is 11.2. The van der Waals surface area contributed by atoms with Crippen molar-refractivity contribution in [1.29, 1.82) is 0 Å². The number of amides is 2. The third kappa shape index (κ3) is 2.27. The number of carboxylic acids is 1. The van der Waals surface area contributed by atoms with Crippen LogP contribution in [0.5, 0.6) is 0 Å². The monoisotopic (exact) mass is 283 g/mol. The van der Waals surface area contributed by atoms with E-state index in [9.17, 15) is 14.4 Å². The first-order valence-electron chi connectivity index (χ1n) is 6.66. The molecule has 1 aliphatic heterocycles. The van der Waals surface area contributed by atoms with Crippen LogP contribution in [0.25, 0.3) is 0 Å². The molecule has 0 saturated carbocycles. The number of hydrogen-bond donors (Lipinski definition) is 1. The molecule has 5 heteroatoms. The standard InChI is InChI=1S/C16H13NO4/c18-14-12-6-1-2-7-13(12)15(19)17(14)9-10-4-3-5-11(8-10)16(20)21/h1,3-6,8H,2,7,9H2,(H,20,21). The summed E-state index contributed by atoms with van der Waals surface area (Å²) in [6, 6.07) is 6.28. The fourth-order valence-corrected chi connectivity index (χ4v) is 2.62. The van der Waals surface area contributed by atoms with Crippen LogP contribution in [0.1, 0.15) is 28.8 Å². The number of allylic oxidation sites excluding steroid dienone is 1. The van der Waals surface area contributed by atoms with Crippen molar-refractivity contribution in [3.63, 3.8) is 0 Å². The Hall–Kier alpha value is -2.69. The van der Waals surface area contributed by atoms with Gasteiger partial charge in [-0.15, -0.1) is 0 Å². The molecule has 1 heterocycles. The average molecular weight is 283 g/mol. The molecule has 106 valence electrons. The molecule has 2 aliphatic rings. The number of rotatable bonds is 3. The number of carboxylic acid groups (broad SMARTS) is 1. The van der Waals surface area contributed by atoms with Crippen LogP contribution >= 0.6 is 0 Å². The molecule has 0 radical (unpaired) electrons. The summed E-state index contributed by atoms with van der Waals surface area (Å²) < 4.78 is 0. The highest BCUT2D eigenvalue weighted by Gasteiger charge is 2.37. The highest BCUT2D eigenvalue weighted by molar-refractivity contribution is 6.20. The minimum Gasteiger partial charge on any atom is -0.478 e. The summed E-state index contributed by atoms with van der Waals surface area (Å²) in [5.74, 6) is -1.59. The third-order valence-electron chi connectivity index (χ3n) is 3.66. The molecule has 5 nitrogen and oxygen atoms in total. The predicted molar refractivity (Wildman–Crippen MR) is 74.4 cm³/mol. The number of carbonyl (C=O) groups excluding carboxylic acids is 2. The van der Waals surface area contributed by atoms with Crippen molar-refractivity contribution in [2.45, 2.75) is 19.4 Å². The summed E-state index contributed by atoms with van der Waals surface area (Å²) in [5, 5.41) is 8.98. The van der Waals surface area contributed by atoms with Crippen molar-refractivity contribution >= 4 is 17.8 Å². The van der Waals surface area contributed by atoms with Crippen LogP contribution in [0.4, 0.5) is 0 Å². The molecule has 0 bridgehead atoms. The molecule has 2 amide bonds. The van der Waals surface area contributed by atoms with Crippen molar-refractivity contribution in [3.8, 4) is 0 Å². The maximum atomic E-state index is 12.3. The van der Waals surface area contributed by atoms with Gasteiger partial charge >= 0.3 is 5.97 Å². The number of aromatic carboxylic acids is 1. The van der Waals surface area contributed by atoms with E-state index >= 15 is 0 Å². The minimum atomic E-state index is -1.03. The number of carbonyl (C=O) groups is 3. The van der Waals surface area contributed by atoms with Crippen LogP contribution in [0.3, 0.4) is 0 Å². The normalized spacial score (nSPS) is 17.4. The Balaban J connectivity index is 1.85. The molecule has 0 aromatic heterocycles. The van der Waals surface area contributed by atoms with Crippen LogP contribution in [0.2, 0.25) is 0 Å². The lowest BCUT2D eigenvalue weighted by molar-refractivity contribution is -0.138. The fraction of sp³-hybridized carbons (Fsp3) is 0.188. The zero-order valence-corrected chi connectivity index (χ0v) is 11.2. The molecule has 1 aliphatic carbocycles. The maximum Gasteiger partial charge on any atom is 0.335 e. The molecular formula is C16H13NO4. The molecule has 0 spiro atoms. The molecule has 0 saturated heterocycles.